The van der Waals surface area contributed by atoms with Crippen LogP contribution in [0.2, 0.25) is 0 Å². The topological polar surface area (TPSA) is 83.7 Å². The lowest BCUT2D eigenvalue weighted by Gasteiger charge is -2.35. The molecule has 0 radical (unpaired) electrons. The molecule has 1 rings (SSSR count). The lowest BCUT2D eigenvalue weighted by Crippen LogP contribution is -2.54. The Kier molecular flexibility index (Phi) is 6.42. The average Bonchev–Trinajstić information content (AvgIpc) is 2.37. The summed E-state index contributed by atoms with van der Waals surface area (Å²) < 4.78 is 25.4. The van der Waals surface area contributed by atoms with Gasteiger partial charge in [-0.2, -0.15) is 4.31 Å². The van der Waals surface area contributed by atoms with Crippen molar-refractivity contribution in [1.82, 2.24) is 9.21 Å². The molecule has 0 aromatic rings. The fourth-order valence-corrected chi connectivity index (χ4v) is 3.91. The summed E-state index contributed by atoms with van der Waals surface area (Å²) in [7, 11) is -3.16. The van der Waals surface area contributed by atoms with Crippen LogP contribution in [0.3, 0.4) is 0 Å². The highest BCUT2D eigenvalue weighted by Gasteiger charge is 2.30. The van der Waals surface area contributed by atoms with E-state index in [0.29, 0.717) is 44.9 Å². The predicted molar refractivity (Wildman–Crippen MR) is 79.7 cm³/mol. The van der Waals surface area contributed by atoms with E-state index in [-0.39, 0.29) is 11.7 Å². The van der Waals surface area contributed by atoms with Crippen LogP contribution in [0.1, 0.15) is 33.6 Å². The second-order valence-electron chi connectivity index (χ2n) is 5.78. The van der Waals surface area contributed by atoms with Crippen molar-refractivity contribution in [2.24, 2.45) is 11.7 Å². The normalized spacial score (nSPS) is 19.4. The lowest BCUT2D eigenvalue weighted by molar-refractivity contribution is -0.134. The molecule has 1 amide bonds. The summed E-state index contributed by atoms with van der Waals surface area (Å²) in [4.78, 5) is 13.8. The van der Waals surface area contributed by atoms with Crippen LogP contribution in [-0.2, 0) is 14.8 Å². The molecule has 2 N–H and O–H groups in total. The summed E-state index contributed by atoms with van der Waals surface area (Å²) in [6.45, 7) is 7.54. The van der Waals surface area contributed by atoms with E-state index in [1.807, 2.05) is 20.8 Å². The molecule has 1 saturated heterocycles. The van der Waals surface area contributed by atoms with Gasteiger partial charge in [0.05, 0.1) is 11.8 Å². The molecule has 0 aromatic heterocycles. The summed E-state index contributed by atoms with van der Waals surface area (Å²) in [6.07, 6.45) is 1.27. The lowest BCUT2D eigenvalue weighted by atomic mass is 10.0. The zero-order chi connectivity index (χ0) is 15.3. The van der Waals surface area contributed by atoms with Crippen LogP contribution in [0.25, 0.3) is 0 Å². The zero-order valence-electron chi connectivity index (χ0n) is 12.7. The first-order chi connectivity index (χ1) is 9.27. The molecule has 0 unspecified atom stereocenters. The second kappa shape index (κ2) is 7.38. The maximum absolute atomic E-state index is 12.1. The van der Waals surface area contributed by atoms with Crippen LogP contribution < -0.4 is 5.73 Å². The third kappa shape index (κ3) is 4.71. The number of nitrogens with two attached hydrogens (primary N) is 1. The maximum atomic E-state index is 12.1. The third-order valence-electron chi connectivity index (χ3n) is 3.45. The summed E-state index contributed by atoms with van der Waals surface area (Å²) >= 11 is 0. The number of hydrogen-bond acceptors (Lipinski definition) is 4. The van der Waals surface area contributed by atoms with E-state index >= 15 is 0 Å². The Morgan fingerprint density at radius 1 is 1.20 bits per heavy atom. The maximum Gasteiger partial charge on any atom is 0.239 e. The Balaban J connectivity index is 2.52. The Bertz CT molecular complexity index is 415. The number of rotatable bonds is 6. The summed E-state index contributed by atoms with van der Waals surface area (Å²) in [5.41, 5.74) is 5.89. The molecule has 1 fully saturated rings. The van der Waals surface area contributed by atoms with Gasteiger partial charge in [-0.15, -0.1) is 0 Å². The van der Waals surface area contributed by atoms with E-state index in [4.69, 9.17) is 5.73 Å². The zero-order valence-corrected chi connectivity index (χ0v) is 13.5. The van der Waals surface area contributed by atoms with Crippen molar-refractivity contribution in [1.29, 1.82) is 0 Å². The third-order valence-corrected chi connectivity index (χ3v) is 5.52. The van der Waals surface area contributed by atoms with E-state index in [2.05, 4.69) is 0 Å². The molecule has 1 heterocycles. The Morgan fingerprint density at radius 3 is 2.20 bits per heavy atom. The number of carbonyl (C=O) groups excluding carboxylic acids is 1. The highest BCUT2D eigenvalue weighted by atomic mass is 32.2. The molecule has 0 bridgehead atoms. The van der Waals surface area contributed by atoms with Crippen LogP contribution >= 0.6 is 0 Å². The van der Waals surface area contributed by atoms with E-state index in [0.717, 1.165) is 0 Å². The highest BCUT2D eigenvalue weighted by molar-refractivity contribution is 7.89. The molecule has 0 spiro atoms. The van der Waals surface area contributed by atoms with E-state index in [9.17, 15) is 13.2 Å². The molecule has 0 aliphatic carbocycles. The van der Waals surface area contributed by atoms with Crippen molar-refractivity contribution >= 4 is 15.9 Å². The summed E-state index contributed by atoms with van der Waals surface area (Å²) in [5.74, 6) is 0.486. The van der Waals surface area contributed by atoms with Crippen molar-refractivity contribution in [3.05, 3.63) is 0 Å². The molecule has 7 heteroatoms. The minimum atomic E-state index is -3.16. The van der Waals surface area contributed by atoms with Crippen molar-refractivity contribution < 1.29 is 13.2 Å². The van der Waals surface area contributed by atoms with Crippen LogP contribution in [0.5, 0.6) is 0 Å². The molecule has 1 aliphatic heterocycles. The number of nitrogens with zero attached hydrogens (tertiary/aromatic N) is 2. The van der Waals surface area contributed by atoms with Gasteiger partial charge >= 0.3 is 0 Å². The van der Waals surface area contributed by atoms with Gasteiger partial charge in [0.25, 0.3) is 0 Å². The van der Waals surface area contributed by atoms with Crippen LogP contribution in [-0.4, -0.2) is 61.5 Å². The van der Waals surface area contributed by atoms with Gasteiger partial charge in [-0.05, 0) is 18.8 Å². The summed E-state index contributed by atoms with van der Waals surface area (Å²) in [6, 6.07) is -0.478. The molecular formula is C13H27N3O3S. The number of piperazine rings is 1. The van der Waals surface area contributed by atoms with Gasteiger partial charge in [0.15, 0.2) is 0 Å². The van der Waals surface area contributed by atoms with Gasteiger partial charge in [0, 0.05) is 26.2 Å². The summed E-state index contributed by atoms with van der Waals surface area (Å²) in [5, 5.41) is 0. The van der Waals surface area contributed by atoms with E-state index < -0.39 is 16.1 Å². The van der Waals surface area contributed by atoms with Gasteiger partial charge in [-0.1, -0.05) is 20.8 Å². The molecule has 0 aromatic carbocycles. The largest absolute Gasteiger partial charge is 0.339 e. The Labute approximate surface area is 122 Å². The molecule has 118 valence electrons. The Hall–Kier alpha value is -0.660. The number of sulfonamides is 1. The van der Waals surface area contributed by atoms with Gasteiger partial charge in [-0.3, -0.25) is 4.79 Å². The van der Waals surface area contributed by atoms with Crippen molar-refractivity contribution in [3.8, 4) is 0 Å². The van der Waals surface area contributed by atoms with Crippen LogP contribution in [0.4, 0.5) is 0 Å². The quantitative estimate of drug-likeness (QED) is 0.762. The monoisotopic (exact) mass is 305 g/mol. The predicted octanol–water partition coefficient (Wildman–Crippen LogP) is 0.244. The van der Waals surface area contributed by atoms with Gasteiger partial charge < -0.3 is 10.6 Å². The molecule has 6 nitrogen and oxygen atoms in total. The van der Waals surface area contributed by atoms with E-state index in [1.165, 1.54) is 4.31 Å². The molecular weight excluding hydrogens is 278 g/mol. The van der Waals surface area contributed by atoms with Gasteiger partial charge in [-0.25, -0.2) is 8.42 Å². The molecule has 1 atom stereocenters. The first-order valence-electron chi connectivity index (χ1n) is 7.30. The van der Waals surface area contributed by atoms with Crippen molar-refractivity contribution in [3.63, 3.8) is 0 Å². The first kappa shape index (κ1) is 17.4. The number of amides is 1. The minimum absolute atomic E-state index is 0.0637. The van der Waals surface area contributed by atoms with Gasteiger partial charge in [0.1, 0.15) is 0 Å². The fourth-order valence-electron chi connectivity index (χ4n) is 2.42. The number of carbonyl (C=O) groups is 1. The molecule has 0 saturated carbocycles. The van der Waals surface area contributed by atoms with E-state index in [1.54, 1.807) is 4.90 Å². The average molecular weight is 305 g/mol. The van der Waals surface area contributed by atoms with Crippen LogP contribution in [0, 0.1) is 5.92 Å². The first-order valence-corrected chi connectivity index (χ1v) is 8.91. The second-order valence-corrected chi connectivity index (χ2v) is 7.86. The Morgan fingerprint density at radius 2 is 1.75 bits per heavy atom. The standard InChI is InChI=1S/C13H27N3O3S/c1-4-9-20(18,19)16-7-5-15(6-8-16)13(17)12(14)10-11(2)3/h11-12H,4-10,14H2,1-3H3/t12-/m0/s1. The van der Waals surface area contributed by atoms with Crippen LogP contribution in [0.15, 0.2) is 0 Å². The smallest absolute Gasteiger partial charge is 0.239 e. The number of hydrogen-bond donors (Lipinski definition) is 1. The SMILES string of the molecule is CCCS(=O)(=O)N1CCN(C(=O)[C@@H](N)CC(C)C)CC1. The highest BCUT2D eigenvalue weighted by Crippen LogP contribution is 2.12. The minimum Gasteiger partial charge on any atom is -0.339 e. The van der Waals surface area contributed by atoms with Crippen molar-refractivity contribution in [2.75, 3.05) is 31.9 Å². The van der Waals surface area contributed by atoms with Gasteiger partial charge in [0.2, 0.25) is 15.9 Å². The molecule has 20 heavy (non-hydrogen) atoms. The molecule has 1 aliphatic rings. The van der Waals surface area contributed by atoms with Crippen molar-refractivity contribution in [2.45, 2.75) is 39.7 Å². The fraction of sp³-hybridized carbons (Fsp3) is 0.923.